The molecule has 0 aliphatic rings. The maximum atomic E-state index is 13.7. The quantitative estimate of drug-likeness (QED) is 0.404. The highest BCUT2D eigenvalue weighted by atomic mass is 32.1. The predicted molar refractivity (Wildman–Crippen MR) is 125 cm³/mol. The van der Waals surface area contributed by atoms with Crippen LogP contribution in [0.15, 0.2) is 24.5 Å². The molecule has 1 atom stereocenters. The predicted octanol–water partition coefficient (Wildman–Crippen LogP) is 4.23. The standard InChI is InChI=1S/C22H23F2N7O2S/c1-5-30-9-14(11(3)29-30)13-8-15(19(23)24)26-22-16(13)17(18(34-22)20(25)32)27-21(33)12(4)31-7-6-10(2)28-31/h6-9,12,19H,5H2,1-4H3,(H2,25,32)(H,27,33). The highest BCUT2D eigenvalue weighted by molar-refractivity contribution is 7.21. The Kier molecular flexibility index (Phi) is 6.17. The van der Waals surface area contributed by atoms with Gasteiger partial charge in [-0.1, -0.05) is 0 Å². The number of thiophene rings is 1. The molecule has 1 unspecified atom stereocenters. The molecule has 2 amide bonds. The van der Waals surface area contributed by atoms with Crippen LogP contribution in [0, 0.1) is 13.8 Å². The van der Waals surface area contributed by atoms with Crippen LogP contribution in [-0.2, 0) is 11.3 Å². The van der Waals surface area contributed by atoms with E-state index in [4.69, 9.17) is 5.73 Å². The number of primary amides is 1. The van der Waals surface area contributed by atoms with Gasteiger partial charge in [0.05, 0.1) is 17.1 Å². The second-order valence-corrected chi connectivity index (χ2v) is 8.83. The third-order valence-electron chi connectivity index (χ3n) is 5.46. The third kappa shape index (κ3) is 4.16. The van der Waals surface area contributed by atoms with Gasteiger partial charge in [0, 0.05) is 29.9 Å². The zero-order chi connectivity index (χ0) is 24.7. The van der Waals surface area contributed by atoms with Gasteiger partial charge in [0.15, 0.2) is 0 Å². The average molecular weight is 488 g/mol. The fourth-order valence-electron chi connectivity index (χ4n) is 3.68. The molecular formula is C22H23F2N7O2S. The number of aryl methyl sites for hydroxylation is 3. The molecule has 4 rings (SSSR count). The Morgan fingerprint density at radius 3 is 2.53 bits per heavy atom. The first-order valence-corrected chi connectivity index (χ1v) is 11.3. The van der Waals surface area contributed by atoms with Crippen molar-refractivity contribution in [2.45, 2.75) is 46.7 Å². The molecule has 0 aromatic carbocycles. The minimum Gasteiger partial charge on any atom is -0.365 e. The number of carbonyl (C=O) groups excluding carboxylic acids is 2. The van der Waals surface area contributed by atoms with Crippen LogP contribution in [0.3, 0.4) is 0 Å². The Bertz CT molecular complexity index is 1410. The van der Waals surface area contributed by atoms with Crippen LogP contribution in [0.25, 0.3) is 21.3 Å². The van der Waals surface area contributed by atoms with Gasteiger partial charge < -0.3 is 11.1 Å². The number of nitrogens with zero attached hydrogens (tertiary/aromatic N) is 5. The lowest BCUT2D eigenvalue weighted by molar-refractivity contribution is -0.119. The molecule has 4 heterocycles. The summed E-state index contributed by atoms with van der Waals surface area (Å²) in [5, 5.41) is 11.8. The molecule has 0 fully saturated rings. The van der Waals surface area contributed by atoms with E-state index in [1.54, 1.807) is 43.9 Å². The Balaban J connectivity index is 1.93. The van der Waals surface area contributed by atoms with Crippen molar-refractivity contribution in [3.05, 3.63) is 46.5 Å². The van der Waals surface area contributed by atoms with E-state index in [9.17, 15) is 18.4 Å². The van der Waals surface area contributed by atoms with Crippen molar-refractivity contribution < 1.29 is 18.4 Å². The number of anilines is 1. The fourth-order valence-corrected chi connectivity index (χ4v) is 4.69. The Labute approximate surface area is 197 Å². The highest BCUT2D eigenvalue weighted by Crippen LogP contribution is 2.43. The van der Waals surface area contributed by atoms with Crippen LogP contribution < -0.4 is 11.1 Å². The zero-order valence-electron chi connectivity index (χ0n) is 19.0. The van der Waals surface area contributed by atoms with E-state index in [0.717, 1.165) is 17.0 Å². The summed E-state index contributed by atoms with van der Waals surface area (Å²) in [6, 6.07) is 2.33. The summed E-state index contributed by atoms with van der Waals surface area (Å²) in [5.74, 6) is -1.25. The minimum absolute atomic E-state index is 0.0212. The second-order valence-electron chi connectivity index (χ2n) is 7.83. The summed E-state index contributed by atoms with van der Waals surface area (Å²) < 4.78 is 30.5. The zero-order valence-corrected chi connectivity index (χ0v) is 19.8. The Morgan fingerprint density at radius 2 is 1.97 bits per heavy atom. The van der Waals surface area contributed by atoms with E-state index in [0.29, 0.717) is 28.8 Å². The maximum absolute atomic E-state index is 13.7. The van der Waals surface area contributed by atoms with Crippen molar-refractivity contribution >= 4 is 39.1 Å². The lowest BCUT2D eigenvalue weighted by Crippen LogP contribution is -2.25. The number of nitrogens with two attached hydrogens (primary N) is 1. The number of rotatable bonds is 7. The molecular weight excluding hydrogens is 464 g/mol. The minimum atomic E-state index is -2.83. The van der Waals surface area contributed by atoms with E-state index in [1.807, 2.05) is 6.92 Å². The van der Waals surface area contributed by atoms with Gasteiger partial charge in [0.25, 0.3) is 12.3 Å². The van der Waals surface area contributed by atoms with Crippen LogP contribution in [0.5, 0.6) is 0 Å². The Morgan fingerprint density at radius 1 is 1.24 bits per heavy atom. The molecule has 0 spiro atoms. The van der Waals surface area contributed by atoms with Gasteiger partial charge in [-0.25, -0.2) is 13.8 Å². The van der Waals surface area contributed by atoms with Crippen LogP contribution in [0.1, 0.15) is 53.1 Å². The summed E-state index contributed by atoms with van der Waals surface area (Å²) in [6.07, 6.45) is 0.580. The number of alkyl halides is 2. The first-order chi connectivity index (χ1) is 16.1. The molecule has 0 saturated heterocycles. The fraction of sp³-hybridized carbons (Fsp3) is 0.318. The summed E-state index contributed by atoms with van der Waals surface area (Å²) in [7, 11) is 0. The molecule has 0 aliphatic heterocycles. The Hall–Kier alpha value is -3.67. The molecule has 34 heavy (non-hydrogen) atoms. The second kappa shape index (κ2) is 8.93. The number of nitrogens with one attached hydrogen (secondary N) is 1. The number of amides is 2. The van der Waals surface area contributed by atoms with E-state index < -0.39 is 30.0 Å². The SMILES string of the molecule is CCn1cc(-c2cc(C(F)F)nc3sc(C(N)=O)c(NC(=O)C(C)n4ccc(C)n4)c23)c(C)n1. The summed E-state index contributed by atoms with van der Waals surface area (Å²) >= 11 is 0.861. The maximum Gasteiger partial charge on any atom is 0.280 e. The monoisotopic (exact) mass is 487 g/mol. The van der Waals surface area contributed by atoms with E-state index in [2.05, 4.69) is 20.5 Å². The summed E-state index contributed by atoms with van der Waals surface area (Å²) in [6.45, 7) is 7.71. The summed E-state index contributed by atoms with van der Waals surface area (Å²) in [5.41, 5.74) is 7.63. The number of halogens is 2. The third-order valence-corrected chi connectivity index (χ3v) is 6.55. The van der Waals surface area contributed by atoms with Gasteiger partial charge >= 0.3 is 0 Å². The van der Waals surface area contributed by atoms with Gasteiger partial charge in [0.2, 0.25) is 5.91 Å². The largest absolute Gasteiger partial charge is 0.365 e. The smallest absolute Gasteiger partial charge is 0.280 e. The van der Waals surface area contributed by atoms with Crippen LogP contribution in [0.4, 0.5) is 14.5 Å². The molecule has 3 N–H and O–H groups in total. The highest BCUT2D eigenvalue weighted by Gasteiger charge is 2.27. The molecule has 0 saturated carbocycles. The number of hydrogen-bond donors (Lipinski definition) is 2. The lowest BCUT2D eigenvalue weighted by atomic mass is 10.0. The average Bonchev–Trinajstić information content (AvgIpc) is 3.49. The van der Waals surface area contributed by atoms with Gasteiger partial charge in [0.1, 0.15) is 21.4 Å². The number of hydrogen-bond acceptors (Lipinski definition) is 6. The topological polar surface area (TPSA) is 121 Å². The van der Waals surface area contributed by atoms with Crippen LogP contribution >= 0.6 is 11.3 Å². The lowest BCUT2D eigenvalue weighted by Gasteiger charge is -2.14. The number of carbonyl (C=O) groups is 2. The molecule has 12 heteroatoms. The van der Waals surface area contributed by atoms with Crippen molar-refractivity contribution in [2.75, 3.05) is 5.32 Å². The van der Waals surface area contributed by atoms with E-state index >= 15 is 0 Å². The van der Waals surface area contributed by atoms with Gasteiger partial charge in [-0.3, -0.25) is 19.0 Å². The molecule has 0 bridgehead atoms. The first-order valence-electron chi connectivity index (χ1n) is 10.5. The molecule has 178 valence electrons. The number of aromatic nitrogens is 5. The normalized spacial score (nSPS) is 12.4. The van der Waals surface area contributed by atoms with Crippen molar-refractivity contribution in [3.63, 3.8) is 0 Å². The number of fused-ring (bicyclic) bond motifs is 1. The van der Waals surface area contributed by atoms with E-state index in [-0.39, 0.29) is 15.4 Å². The van der Waals surface area contributed by atoms with Crippen molar-refractivity contribution in [1.29, 1.82) is 0 Å². The van der Waals surface area contributed by atoms with Crippen molar-refractivity contribution in [1.82, 2.24) is 24.5 Å². The molecule has 9 nitrogen and oxygen atoms in total. The van der Waals surface area contributed by atoms with Crippen LogP contribution in [-0.4, -0.2) is 36.4 Å². The molecule has 4 aromatic heterocycles. The van der Waals surface area contributed by atoms with Crippen molar-refractivity contribution in [2.24, 2.45) is 5.73 Å². The van der Waals surface area contributed by atoms with E-state index in [1.165, 1.54) is 10.7 Å². The first kappa shape index (κ1) is 23.5. The van der Waals surface area contributed by atoms with Crippen molar-refractivity contribution in [3.8, 4) is 11.1 Å². The molecule has 0 radical (unpaired) electrons. The number of pyridine rings is 1. The van der Waals surface area contributed by atoms with Gasteiger partial charge in [-0.05, 0) is 45.4 Å². The molecule has 4 aromatic rings. The van der Waals surface area contributed by atoms with Gasteiger partial charge in [-0.15, -0.1) is 11.3 Å². The molecule has 0 aliphatic carbocycles. The van der Waals surface area contributed by atoms with Crippen LogP contribution in [0.2, 0.25) is 0 Å². The summed E-state index contributed by atoms with van der Waals surface area (Å²) in [4.78, 5) is 29.6. The van der Waals surface area contributed by atoms with Gasteiger partial charge in [-0.2, -0.15) is 10.2 Å².